The van der Waals surface area contributed by atoms with Crippen molar-refractivity contribution in [3.05, 3.63) is 12.2 Å². The second kappa shape index (κ2) is 28.5. The van der Waals surface area contributed by atoms with Gasteiger partial charge in [0.15, 0.2) is 6.29 Å². The third-order valence-corrected chi connectivity index (χ3v) is 13.0. The summed E-state index contributed by atoms with van der Waals surface area (Å²) in [5.41, 5.74) is 0. The number of aliphatic hydroxyl groups is 4. The largest absolute Gasteiger partial charge is 0.397 e. The number of carbonyl (C=O) groups is 3. The van der Waals surface area contributed by atoms with E-state index in [1.165, 1.54) is 51.4 Å². The molecule has 0 saturated carbocycles. The van der Waals surface area contributed by atoms with Gasteiger partial charge in [-0.2, -0.15) is 20.2 Å². The molecule has 0 aromatic rings. The molecule has 10 unspecified atom stereocenters. The molecule has 0 aromatic carbocycles. The molecule has 0 aromatic heterocycles. The summed E-state index contributed by atoms with van der Waals surface area (Å²) in [5, 5.41) is 53.8. The van der Waals surface area contributed by atoms with Crippen LogP contribution in [0.3, 0.4) is 0 Å². The van der Waals surface area contributed by atoms with Gasteiger partial charge in [-0.05, 0) is 38.5 Å². The molecular formula is C40H72N4O13S2. The highest BCUT2D eigenvalue weighted by Crippen LogP contribution is 2.33. The lowest BCUT2D eigenvalue weighted by atomic mass is 9.99. The molecule has 0 aliphatic carbocycles. The van der Waals surface area contributed by atoms with Crippen molar-refractivity contribution in [2.24, 2.45) is 0 Å². The Morgan fingerprint density at radius 2 is 1.56 bits per heavy atom. The Hall–Kier alpha value is -2.07. The standard InChI is InChI=1S/C40H72N4O13S2/c1-2-3-4-5-6-7-8-9-10-11-12-13-15-20-30(46)28(26-55-39-37(50)38(57-59(52,53)54)36(49)31(25-45)56-39)42-34(48)23-16-14-19-24-41-33(47)22-18-17-21-32-35-29(27-58-32)43-40(51)44-35/h15,20,28-32,35-39,45-46,49-50H,2-14,16-19,21-27H2,1H3,(H,41,47)(H,42,48)(H2,43,44,51)(H,52,53,54). The van der Waals surface area contributed by atoms with Crippen molar-refractivity contribution in [1.29, 1.82) is 0 Å². The molecule has 4 amide bonds. The number of aliphatic hydroxyl groups excluding tert-OH is 4. The van der Waals surface area contributed by atoms with Gasteiger partial charge in [0.2, 0.25) is 11.8 Å². The number of amides is 4. The Morgan fingerprint density at radius 1 is 0.915 bits per heavy atom. The van der Waals surface area contributed by atoms with Crippen LogP contribution in [-0.2, 0) is 33.6 Å². The van der Waals surface area contributed by atoms with Crippen molar-refractivity contribution < 1.29 is 61.4 Å². The van der Waals surface area contributed by atoms with Crippen LogP contribution in [-0.4, -0.2) is 137 Å². The Morgan fingerprint density at radius 3 is 2.24 bits per heavy atom. The first kappa shape index (κ1) is 51.3. The maximum absolute atomic E-state index is 13.0. The van der Waals surface area contributed by atoms with E-state index >= 15 is 0 Å². The number of rotatable bonds is 32. The highest BCUT2D eigenvalue weighted by molar-refractivity contribution is 8.00. The maximum Gasteiger partial charge on any atom is 0.397 e. The lowest BCUT2D eigenvalue weighted by Crippen LogP contribution is -2.61. The van der Waals surface area contributed by atoms with Crippen molar-refractivity contribution >= 4 is 40.0 Å². The molecule has 3 fully saturated rings. The zero-order valence-corrected chi connectivity index (χ0v) is 36.4. The molecule has 10 atom stereocenters. The number of hydrogen-bond donors (Lipinski definition) is 9. The van der Waals surface area contributed by atoms with Gasteiger partial charge in [0, 0.05) is 30.4 Å². The summed E-state index contributed by atoms with van der Waals surface area (Å²) in [6.07, 6.45) is 12.5. The molecule has 0 bridgehead atoms. The molecule has 0 spiro atoms. The van der Waals surface area contributed by atoms with E-state index in [4.69, 9.17) is 14.0 Å². The predicted molar refractivity (Wildman–Crippen MR) is 224 cm³/mol. The van der Waals surface area contributed by atoms with Crippen LogP contribution in [0.5, 0.6) is 0 Å². The molecule has 342 valence electrons. The second-order valence-electron chi connectivity index (χ2n) is 16.0. The second-order valence-corrected chi connectivity index (χ2v) is 18.3. The Balaban J connectivity index is 1.39. The van der Waals surface area contributed by atoms with Crippen LogP contribution in [0, 0.1) is 0 Å². The SMILES string of the molecule is CCCCCCCCCCCCCC=CC(O)C(COC1OC(CO)C(O)C(OS(=O)(=O)O)C1O)NC(=O)CCCCCNC(=O)CCCCC1SCC2NC(=O)NC21. The van der Waals surface area contributed by atoms with Crippen molar-refractivity contribution in [2.45, 2.75) is 196 Å². The third kappa shape index (κ3) is 20.1. The van der Waals surface area contributed by atoms with Crippen LogP contribution in [0.25, 0.3) is 0 Å². The topological polar surface area (TPSA) is 262 Å². The van der Waals surface area contributed by atoms with Gasteiger partial charge < -0.3 is 51.2 Å². The van der Waals surface area contributed by atoms with Crippen LogP contribution in [0.1, 0.15) is 135 Å². The third-order valence-electron chi connectivity index (χ3n) is 11.0. The number of nitrogens with one attached hydrogen (secondary N) is 4. The van der Waals surface area contributed by atoms with E-state index in [9.17, 15) is 43.2 Å². The number of hydrogen-bond acceptors (Lipinski definition) is 13. The average Bonchev–Trinajstić information content (AvgIpc) is 3.75. The first-order valence-corrected chi connectivity index (χ1v) is 24.2. The normalized spacial score (nSPS) is 26.6. The molecule has 3 aliphatic rings. The summed E-state index contributed by atoms with van der Waals surface area (Å²) in [7, 11) is -5.12. The summed E-state index contributed by atoms with van der Waals surface area (Å²) < 4.78 is 47.5. The van der Waals surface area contributed by atoms with Gasteiger partial charge in [-0.15, -0.1) is 0 Å². The number of carbonyl (C=O) groups excluding carboxylic acids is 3. The Kier molecular flexibility index (Phi) is 24.8. The number of fused-ring (bicyclic) bond motifs is 1. The van der Waals surface area contributed by atoms with Crippen molar-refractivity contribution in [3.8, 4) is 0 Å². The van der Waals surface area contributed by atoms with Gasteiger partial charge in [0.05, 0.1) is 37.4 Å². The predicted octanol–water partition coefficient (Wildman–Crippen LogP) is 3.14. The molecular weight excluding hydrogens is 809 g/mol. The van der Waals surface area contributed by atoms with E-state index in [1.807, 2.05) is 17.8 Å². The van der Waals surface area contributed by atoms with Crippen molar-refractivity contribution in [3.63, 3.8) is 0 Å². The summed E-state index contributed by atoms with van der Waals surface area (Å²) in [5.74, 6) is 0.512. The quantitative estimate of drug-likeness (QED) is 0.0204. The fraction of sp³-hybridized carbons (Fsp3) is 0.875. The van der Waals surface area contributed by atoms with Gasteiger partial charge in [-0.3, -0.25) is 14.1 Å². The van der Waals surface area contributed by atoms with Crippen LogP contribution in [0.2, 0.25) is 0 Å². The molecule has 3 saturated heterocycles. The van der Waals surface area contributed by atoms with E-state index in [-0.39, 0.29) is 36.3 Å². The first-order chi connectivity index (χ1) is 28.3. The van der Waals surface area contributed by atoms with Gasteiger partial charge in [0.25, 0.3) is 0 Å². The van der Waals surface area contributed by atoms with E-state index in [0.29, 0.717) is 37.5 Å². The molecule has 19 heteroatoms. The van der Waals surface area contributed by atoms with Crippen molar-refractivity contribution in [2.75, 3.05) is 25.5 Å². The van der Waals surface area contributed by atoms with E-state index < -0.39 is 66.5 Å². The molecule has 9 N–H and O–H groups in total. The zero-order chi connectivity index (χ0) is 43.0. The summed E-state index contributed by atoms with van der Waals surface area (Å²) in [4.78, 5) is 36.9. The lowest BCUT2D eigenvalue weighted by molar-refractivity contribution is -0.298. The number of allylic oxidation sites excluding steroid dienone is 1. The molecule has 59 heavy (non-hydrogen) atoms. The minimum Gasteiger partial charge on any atom is -0.394 e. The molecule has 3 aliphatic heterocycles. The fourth-order valence-corrected chi connectivity index (χ4v) is 9.67. The molecule has 0 radical (unpaired) electrons. The van der Waals surface area contributed by atoms with Crippen molar-refractivity contribution in [1.82, 2.24) is 21.3 Å². The maximum atomic E-state index is 13.0. The minimum absolute atomic E-state index is 0.0216. The van der Waals surface area contributed by atoms with Crippen LogP contribution in [0.4, 0.5) is 4.79 Å². The zero-order valence-electron chi connectivity index (χ0n) is 34.7. The highest BCUT2D eigenvalue weighted by atomic mass is 32.3. The van der Waals surface area contributed by atoms with E-state index in [2.05, 4.69) is 32.4 Å². The van der Waals surface area contributed by atoms with Gasteiger partial charge in [0.1, 0.15) is 24.4 Å². The fourth-order valence-electron chi connectivity index (χ4n) is 7.62. The average molecular weight is 881 g/mol. The lowest BCUT2D eigenvalue weighted by Gasteiger charge is -2.41. The van der Waals surface area contributed by atoms with Gasteiger partial charge in [-0.1, -0.05) is 96.1 Å². The van der Waals surface area contributed by atoms with E-state index in [1.54, 1.807) is 6.08 Å². The summed E-state index contributed by atoms with van der Waals surface area (Å²) in [6, 6.07) is -0.777. The smallest absolute Gasteiger partial charge is 0.394 e. The van der Waals surface area contributed by atoms with Gasteiger partial charge >= 0.3 is 16.4 Å². The molecule has 3 heterocycles. The van der Waals surface area contributed by atoms with E-state index in [0.717, 1.165) is 50.7 Å². The number of unbranched alkanes of at least 4 members (excludes halogenated alkanes) is 14. The molecule has 3 rings (SSSR count). The number of urea groups is 1. The van der Waals surface area contributed by atoms with Gasteiger partial charge in [-0.25, -0.2) is 8.98 Å². The first-order valence-electron chi connectivity index (χ1n) is 21.8. The summed E-state index contributed by atoms with van der Waals surface area (Å²) in [6.45, 7) is 1.49. The van der Waals surface area contributed by atoms with Crippen LogP contribution in [0.15, 0.2) is 12.2 Å². The minimum atomic E-state index is -5.12. The Bertz CT molecular complexity index is 1360. The molecule has 17 nitrogen and oxygen atoms in total. The van der Waals surface area contributed by atoms with Crippen LogP contribution < -0.4 is 21.3 Å². The Labute approximate surface area is 354 Å². The van der Waals surface area contributed by atoms with Crippen LogP contribution >= 0.6 is 11.8 Å². The highest BCUT2D eigenvalue weighted by Gasteiger charge is 2.48. The number of ether oxygens (including phenoxy) is 2. The summed E-state index contributed by atoms with van der Waals surface area (Å²) >= 11 is 1.86. The number of thioether (sulfide) groups is 1. The monoisotopic (exact) mass is 880 g/mol.